The number of nitrogens with zero attached hydrogens (tertiary/aromatic N) is 3. The maximum Gasteiger partial charge on any atom is 0.256 e. The van der Waals surface area contributed by atoms with Crippen molar-refractivity contribution >= 4 is 17.5 Å². The zero-order chi connectivity index (χ0) is 24.0. The highest BCUT2D eigenvalue weighted by Crippen LogP contribution is 2.25. The van der Waals surface area contributed by atoms with Gasteiger partial charge in [-0.1, -0.05) is 48.5 Å². The Balaban J connectivity index is 1.32. The van der Waals surface area contributed by atoms with Crippen LogP contribution in [-0.2, 0) is 11.3 Å². The largest absolute Gasteiger partial charge is 0.378 e. The highest BCUT2D eigenvalue weighted by Gasteiger charge is 2.19. The molecule has 4 aromatic rings. The van der Waals surface area contributed by atoms with Gasteiger partial charge in [-0.25, -0.2) is 0 Å². The first-order valence-electron chi connectivity index (χ1n) is 11.6. The molecular formula is C28H26N4O3. The molecule has 7 heteroatoms. The van der Waals surface area contributed by atoms with E-state index in [2.05, 4.69) is 10.4 Å². The minimum atomic E-state index is -0.225. The monoisotopic (exact) mass is 466 g/mol. The van der Waals surface area contributed by atoms with Crippen LogP contribution in [0.15, 0.2) is 91.3 Å². The van der Waals surface area contributed by atoms with Gasteiger partial charge in [0.05, 0.1) is 19.8 Å². The minimum absolute atomic E-state index is 0.0556. The lowest BCUT2D eigenvalue weighted by atomic mass is 9.98. The molecule has 7 nitrogen and oxygen atoms in total. The molecule has 1 aliphatic rings. The molecule has 0 atom stereocenters. The van der Waals surface area contributed by atoms with E-state index < -0.39 is 0 Å². The summed E-state index contributed by atoms with van der Waals surface area (Å²) in [4.78, 5) is 27.8. The fraction of sp³-hybridized carbons (Fsp3) is 0.179. The summed E-state index contributed by atoms with van der Waals surface area (Å²) >= 11 is 0. The smallest absolute Gasteiger partial charge is 0.256 e. The van der Waals surface area contributed by atoms with Gasteiger partial charge in [0.25, 0.3) is 11.8 Å². The molecule has 0 aliphatic carbocycles. The first-order valence-corrected chi connectivity index (χ1v) is 11.6. The van der Waals surface area contributed by atoms with Crippen molar-refractivity contribution in [2.75, 3.05) is 31.6 Å². The Hall–Kier alpha value is -4.23. The molecule has 35 heavy (non-hydrogen) atoms. The van der Waals surface area contributed by atoms with Crippen LogP contribution in [0, 0.1) is 0 Å². The lowest BCUT2D eigenvalue weighted by Gasteiger charge is -2.27. The number of nitrogens with one attached hydrogen (secondary N) is 1. The van der Waals surface area contributed by atoms with Crippen molar-refractivity contribution < 1.29 is 14.3 Å². The molecule has 2 heterocycles. The highest BCUT2D eigenvalue weighted by atomic mass is 16.5. The number of aromatic nitrogens is 2. The van der Waals surface area contributed by atoms with E-state index in [0.717, 1.165) is 16.7 Å². The van der Waals surface area contributed by atoms with Crippen molar-refractivity contribution in [2.24, 2.45) is 0 Å². The number of rotatable bonds is 6. The van der Waals surface area contributed by atoms with E-state index >= 15 is 0 Å². The molecular weight excluding hydrogens is 440 g/mol. The van der Waals surface area contributed by atoms with Gasteiger partial charge in [-0.05, 0) is 47.0 Å². The summed E-state index contributed by atoms with van der Waals surface area (Å²) in [7, 11) is 0. The summed E-state index contributed by atoms with van der Waals surface area (Å²) in [6.07, 6.45) is 3.69. The topological polar surface area (TPSA) is 76.5 Å². The second-order valence-electron chi connectivity index (χ2n) is 8.39. The fourth-order valence-corrected chi connectivity index (χ4v) is 4.18. The summed E-state index contributed by atoms with van der Waals surface area (Å²) in [6.45, 7) is 2.92. The standard InChI is InChI=1S/C28H26N4O3/c33-27(30-24-6-3-5-23(19-24)28(34)31-15-17-35-18-16-31)26-8-2-1-7-25(26)22-11-9-21(10-12-22)20-32-14-4-13-29-32/h1-14,19H,15-18,20H2,(H,30,33). The molecule has 1 aliphatic heterocycles. The summed E-state index contributed by atoms with van der Waals surface area (Å²) in [5.74, 6) is -0.280. The minimum Gasteiger partial charge on any atom is -0.378 e. The normalized spacial score (nSPS) is 13.4. The number of ether oxygens (including phenoxy) is 1. The van der Waals surface area contributed by atoms with Crippen molar-refractivity contribution in [2.45, 2.75) is 6.54 Å². The van der Waals surface area contributed by atoms with Crippen LogP contribution in [0.2, 0.25) is 0 Å². The molecule has 2 amide bonds. The number of benzene rings is 3. The quantitative estimate of drug-likeness (QED) is 0.459. The molecule has 0 bridgehead atoms. The molecule has 176 valence electrons. The molecule has 1 saturated heterocycles. The van der Waals surface area contributed by atoms with E-state index in [0.29, 0.717) is 49.7 Å². The molecule has 1 fully saturated rings. The second kappa shape index (κ2) is 10.4. The van der Waals surface area contributed by atoms with E-state index in [1.165, 1.54) is 0 Å². The fourth-order valence-electron chi connectivity index (χ4n) is 4.18. The van der Waals surface area contributed by atoms with Crippen molar-refractivity contribution in [3.05, 3.63) is 108 Å². The zero-order valence-corrected chi connectivity index (χ0v) is 19.3. The van der Waals surface area contributed by atoms with Gasteiger partial charge in [0.1, 0.15) is 0 Å². The number of carbonyl (C=O) groups is 2. The van der Waals surface area contributed by atoms with Crippen molar-refractivity contribution in [3.8, 4) is 11.1 Å². The Bertz CT molecular complexity index is 1310. The Kier molecular flexibility index (Phi) is 6.68. The van der Waals surface area contributed by atoms with Gasteiger partial charge in [-0.2, -0.15) is 5.10 Å². The number of carbonyl (C=O) groups excluding carboxylic acids is 2. The lowest BCUT2D eigenvalue weighted by molar-refractivity contribution is 0.0303. The van der Waals surface area contributed by atoms with Gasteiger partial charge in [0.2, 0.25) is 0 Å². The molecule has 5 rings (SSSR count). The van der Waals surface area contributed by atoms with E-state index in [-0.39, 0.29) is 11.8 Å². The number of hydrogen-bond donors (Lipinski definition) is 1. The third kappa shape index (κ3) is 5.31. The van der Waals surface area contributed by atoms with Crippen LogP contribution in [0.25, 0.3) is 11.1 Å². The molecule has 1 N–H and O–H groups in total. The van der Waals surface area contributed by atoms with Crippen LogP contribution >= 0.6 is 0 Å². The van der Waals surface area contributed by atoms with Crippen LogP contribution in [-0.4, -0.2) is 52.8 Å². The summed E-state index contributed by atoms with van der Waals surface area (Å²) < 4.78 is 7.20. The van der Waals surface area contributed by atoms with E-state index in [1.54, 1.807) is 35.4 Å². The zero-order valence-electron chi connectivity index (χ0n) is 19.3. The van der Waals surface area contributed by atoms with E-state index in [9.17, 15) is 9.59 Å². The predicted octanol–water partition coefficient (Wildman–Crippen LogP) is 4.32. The first kappa shape index (κ1) is 22.6. The second-order valence-corrected chi connectivity index (χ2v) is 8.39. The molecule has 3 aromatic carbocycles. The average molecular weight is 467 g/mol. The van der Waals surface area contributed by atoms with E-state index in [4.69, 9.17) is 4.74 Å². The molecule has 0 radical (unpaired) electrons. The van der Waals surface area contributed by atoms with Crippen LogP contribution in [0.5, 0.6) is 0 Å². The predicted molar refractivity (Wildman–Crippen MR) is 134 cm³/mol. The number of anilines is 1. The average Bonchev–Trinajstić information content (AvgIpc) is 3.42. The van der Waals surface area contributed by atoms with Crippen LogP contribution in [0.1, 0.15) is 26.3 Å². The Labute approximate surface area is 204 Å². The van der Waals surface area contributed by atoms with E-state index in [1.807, 2.05) is 65.5 Å². The number of amides is 2. The van der Waals surface area contributed by atoms with Gasteiger partial charge < -0.3 is 15.0 Å². The summed E-state index contributed by atoms with van der Waals surface area (Å²) in [6, 6.07) is 24.6. The third-order valence-corrected chi connectivity index (χ3v) is 6.01. The van der Waals surface area contributed by atoms with Gasteiger partial charge >= 0.3 is 0 Å². The van der Waals surface area contributed by atoms with Gasteiger partial charge in [0, 0.05) is 42.3 Å². The van der Waals surface area contributed by atoms with Crippen molar-refractivity contribution in [3.63, 3.8) is 0 Å². The van der Waals surface area contributed by atoms with Crippen molar-refractivity contribution in [1.82, 2.24) is 14.7 Å². The summed E-state index contributed by atoms with van der Waals surface area (Å²) in [5.41, 5.74) is 4.62. The number of morpholine rings is 1. The number of hydrogen-bond acceptors (Lipinski definition) is 4. The summed E-state index contributed by atoms with van der Waals surface area (Å²) in [5, 5.41) is 7.21. The molecule has 1 aromatic heterocycles. The molecule has 0 spiro atoms. The van der Waals surface area contributed by atoms with Gasteiger partial charge in [-0.3, -0.25) is 14.3 Å². The van der Waals surface area contributed by atoms with Gasteiger partial charge in [0.15, 0.2) is 0 Å². The van der Waals surface area contributed by atoms with Gasteiger partial charge in [-0.15, -0.1) is 0 Å². The molecule has 0 saturated carbocycles. The highest BCUT2D eigenvalue weighted by molar-refractivity contribution is 6.09. The Morgan fingerprint density at radius 2 is 1.71 bits per heavy atom. The third-order valence-electron chi connectivity index (χ3n) is 6.01. The first-order chi connectivity index (χ1) is 17.2. The maximum atomic E-state index is 13.2. The van der Waals surface area contributed by atoms with Crippen LogP contribution in [0.4, 0.5) is 5.69 Å². The van der Waals surface area contributed by atoms with Crippen LogP contribution < -0.4 is 5.32 Å². The maximum absolute atomic E-state index is 13.2. The SMILES string of the molecule is O=C(Nc1cccc(C(=O)N2CCOCC2)c1)c1ccccc1-c1ccc(Cn2cccn2)cc1. The Morgan fingerprint density at radius 1 is 0.914 bits per heavy atom. The Morgan fingerprint density at radius 3 is 2.49 bits per heavy atom. The van der Waals surface area contributed by atoms with Crippen LogP contribution in [0.3, 0.4) is 0 Å². The molecule has 0 unspecified atom stereocenters. The lowest BCUT2D eigenvalue weighted by Crippen LogP contribution is -2.40. The van der Waals surface area contributed by atoms with Crippen molar-refractivity contribution in [1.29, 1.82) is 0 Å².